The minimum atomic E-state index is -4.07. The van der Waals surface area contributed by atoms with E-state index in [0.717, 1.165) is 34.8 Å². The first-order valence-electron chi connectivity index (χ1n) is 11.1. The van der Waals surface area contributed by atoms with Gasteiger partial charge in [-0.3, -0.25) is 9.52 Å². The van der Waals surface area contributed by atoms with Crippen molar-refractivity contribution in [2.75, 3.05) is 37.7 Å². The maximum atomic E-state index is 13.5. The van der Waals surface area contributed by atoms with Crippen molar-refractivity contribution in [2.45, 2.75) is 30.9 Å². The van der Waals surface area contributed by atoms with Crippen LogP contribution in [-0.2, 0) is 20.0 Å². The first kappa shape index (κ1) is 27.8. The summed E-state index contributed by atoms with van der Waals surface area (Å²) in [5.74, 6) is -1.20. The molecule has 1 aliphatic heterocycles. The van der Waals surface area contributed by atoms with Crippen molar-refractivity contribution in [3.8, 4) is 5.75 Å². The second-order valence-corrected chi connectivity index (χ2v) is 12.7. The zero-order valence-electron chi connectivity index (χ0n) is 20.4. The summed E-state index contributed by atoms with van der Waals surface area (Å²) in [5.41, 5.74) is 0.124. The van der Waals surface area contributed by atoms with E-state index in [4.69, 9.17) is 4.74 Å². The van der Waals surface area contributed by atoms with E-state index in [0.29, 0.717) is 0 Å². The Morgan fingerprint density at radius 1 is 1.19 bits per heavy atom. The first-order valence-corrected chi connectivity index (χ1v) is 14.5. The molecule has 198 valence electrons. The van der Waals surface area contributed by atoms with Crippen molar-refractivity contribution in [1.82, 2.24) is 9.21 Å². The fourth-order valence-corrected chi connectivity index (χ4v) is 5.19. The largest absolute Gasteiger partial charge is 0.488 e. The highest BCUT2D eigenvalue weighted by molar-refractivity contribution is 7.92. The van der Waals surface area contributed by atoms with E-state index in [9.17, 15) is 31.1 Å². The number of halogens is 1. The number of hydrogen-bond acceptors (Lipinski definition) is 7. The summed E-state index contributed by atoms with van der Waals surface area (Å²) in [7, 11) is -6.14. The second-order valence-electron chi connectivity index (χ2n) is 8.94. The van der Waals surface area contributed by atoms with Gasteiger partial charge in [0.1, 0.15) is 17.7 Å². The Kier molecular flexibility index (Phi) is 8.28. The summed E-state index contributed by atoms with van der Waals surface area (Å²) >= 11 is 0. The summed E-state index contributed by atoms with van der Waals surface area (Å²) in [6, 6.07) is 7.90. The van der Waals surface area contributed by atoms with Crippen LogP contribution in [0.5, 0.6) is 5.75 Å². The molecule has 2 N–H and O–H groups in total. The predicted octanol–water partition coefficient (Wildman–Crippen LogP) is 1.74. The number of carbonyl (C=O) groups is 1. The maximum absolute atomic E-state index is 13.5. The summed E-state index contributed by atoms with van der Waals surface area (Å²) in [6.45, 7) is 3.38. The molecule has 2 aromatic carbocycles. The molecule has 1 heterocycles. The molecule has 0 radical (unpaired) electrons. The number of amides is 1. The zero-order valence-corrected chi connectivity index (χ0v) is 22.0. The zero-order chi connectivity index (χ0) is 26.8. The Bertz CT molecular complexity index is 1320. The van der Waals surface area contributed by atoms with Crippen molar-refractivity contribution < 1.29 is 35.9 Å². The minimum Gasteiger partial charge on any atom is -0.488 e. The third-order valence-electron chi connectivity index (χ3n) is 6.04. The van der Waals surface area contributed by atoms with Crippen molar-refractivity contribution in [3.63, 3.8) is 0 Å². The molecule has 10 nitrogen and oxygen atoms in total. The number of benzene rings is 2. The monoisotopic (exact) mass is 543 g/mol. The van der Waals surface area contributed by atoms with Gasteiger partial charge in [-0.25, -0.2) is 25.5 Å². The van der Waals surface area contributed by atoms with Crippen LogP contribution in [0.25, 0.3) is 0 Å². The normalized spacial score (nSPS) is 19.8. The van der Waals surface area contributed by atoms with Gasteiger partial charge in [0.15, 0.2) is 0 Å². The molecule has 0 spiro atoms. The van der Waals surface area contributed by atoms with Gasteiger partial charge >= 0.3 is 0 Å². The van der Waals surface area contributed by atoms with Gasteiger partial charge in [-0.15, -0.1) is 0 Å². The summed E-state index contributed by atoms with van der Waals surface area (Å²) in [5, 5.41) is 9.74. The lowest BCUT2D eigenvalue weighted by atomic mass is 9.99. The lowest BCUT2D eigenvalue weighted by molar-refractivity contribution is 0.0387. The number of fused-ring (bicyclic) bond motifs is 1. The maximum Gasteiger partial charge on any atom is 0.261 e. The number of aliphatic hydroxyl groups is 1. The van der Waals surface area contributed by atoms with Crippen LogP contribution in [0.15, 0.2) is 47.4 Å². The van der Waals surface area contributed by atoms with Gasteiger partial charge in [0.25, 0.3) is 15.9 Å². The number of carbonyl (C=O) groups excluding carboxylic acids is 1. The molecule has 2 aromatic rings. The molecule has 1 aliphatic rings. The highest BCUT2D eigenvalue weighted by Gasteiger charge is 2.34. The van der Waals surface area contributed by atoms with E-state index in [1.54, 1.807) is 6.92 Å². The third-order valence-corrected chi connectivity index (χ3v) is 8.72. The van der Waals surface area contributed by atoms with Crippen LogP contribution in [0.2, 0.25) is 0 Å². The highest BCUT2D eigenvalue weighted by Crippen LogP contribution is 2.31. The van der Waals surface area contributed by atoms with E-state index in [2.05, 4.69) is 4.72 Å². The van der Waals surface area contributed by atoms with Crippen LogP contribution < -0.4 is 9.46 Å². The van der Waals surface area contributed by atoms with Crippen LogP contribution >= 0.6 is 0 Å². The number of ether oxygens (including phenoxy) is 1. The van der Waals surface area contributed by atoms with Gasteiger partial charge < -0.3 is 14.7 Å². The van der Waals surface area contributed by atoms with E-state index < -0.39 is 43.9 Å². The molecule has 0 fully saturated rings. The smallest absolute Gasteiger partial charge is 0.261 e. The molecule has 36 heavy (non-hydrogen) atoms. The van der Waals surface area contributed by atoms with E-state index >= 15 is 0 Å². The SMILES string of the molecule is C[C@H]1CN([C@@H](C)CO)C(=O)c2cc(NS(=O)(=O)c3ccc(F)cc3)ccc2O[C@@H]1CN(C)S(C)(=O)=O. The summed E-state index contributed by atoms with van der Waals surface area (Å²) in [4.78, 5) is 14.8. The fraction of sp³-hybridized carbons (Fsp3) is 0.435. The average molecular weight is 544 g/mol. The molecule has 3 atom stereocenters. The lowest BCUT2D eigenvalue weighted by Crippen LogP contribution is -2.50. The van der Waals surface area contributed by atoms with E-state index in [1.165, 1.54) is 30.1 Å². The van der Waals surface area contributed by atoms with Crippen molar-refractivity contribution in [2.24, 2.45) is 5.92 Å². The van der Waals surface area contributed by atoms with Gasteiger partial charge in [-0.1, -0.05) is 6.92 Å². The van der Waals surface area contributed by atoms with Gasteiger partial charge in [-0.05, 0) is 49.4 Å². The third kappa shape index (κ3) is 6.33. The Morgan fingerprint density at radius 3 is 2.42 bits per heavy atom. The molecule has 0 unspecified atom stereocenters. The number of nitrogens with one attached hydrogen (secondary N) is 1. The molecule has 0 saturated heterocycles. The molecule has 3 rings (SSSR count). The van der Waals surface area contributed by atoms with Crippen LogP contribution in [0, 0.1) is 11.7 Å². The molecule has 1 amide bonds. The quantitative estimate of drug-likeness (QED) is 0.518. The number of likely N-dealkylation sites (N-methyl/N-ethyl adjacent to an activating group) is 1. The van der Waals surface area contributed by atoms with Crippen molar-refractivity contribution >= 4 is 31.6 Å². The Balaban J connectivity index is 2.01. The van der Waals surface area contributed by atoms with Gasteiger partial charge in [-0.2, -0.15) is 0 Å². The molecule has 13 heteroatoms. The molecular formula is C23H30FN3O7S2. The Morgan fingerprint density at radius 2 is 1.83 bits per heavy atom. The number of hydrogen-bond donors (Lipinski definition) is 2. The number of aliphatic hydroxyl groups excluding tert-OH is 1. The lowest BCUT2D eigenvalue weighted by Gasteiger charge is -2.38. The van der Waals surface area contributed by atoms with Crippen LogP contribution in [0.3, 0.4) is 0 Å². The molecule has 0 aliphatic carbocycles. The molecule has 0 saturated carbocycles. The van der Waals surface area contributed by atoms with Gasteiger partial charge in [0.2, 0.25) is 10.0 Å². The first-order chi connectivity index (χ1) is 16.7. The Hall–Kier alpha value is -2.74. The van der Waals surface area contributed by atoms with Gasteiger partial charge in [0, 0.05) is 25.2 Å². The summed E-state index contributed by atoms with van der Waals surface area (Å²) < 4.78 is 72.3. The molecule has 0 bridgehead atoms. The van der Waals surface area contributed by atoms with Crippen LogP contribution in [0.4, 0.5) is 10.1 Å². The fourth-order valence-electron chi connectivity index (χ4n) is 3.72. The van der Waals surface area contributed by atoms with Crippen LogP contribution in [0.1, 0.15) is 24.2 Å². The second kappa shape index (κ2) is 10.7. The Labute approximate surface area is 210 Å². The number of anilines is 1. The van der Waals surface area contributed by atoms with Crippen LogP contribution in [-0.4, -0.2) is 82.2 Å². The van der Waals surface area contributed by atoms with E-state index in [1.807, 2.05) is 6.92 Å². The highest BCUT2D eigenvalue weighted by atomic mass is 32.2. The van der Waals surface area contributed by atoms with Gasteiger partial charge in [0.05, 0.1) is 35.9 Å². The standard InChI is InChI=1S/C23H30FN3O7S2/c1-15-12-27(16(2)14-28)23(29)20-11-18(25-36(32,33)19-8-5-17(24)6-9-19)7-10-21(20)34-22(15)13-26(3)35(4,30)31/h5-11,15-16,22,25,28H,12-14H2,1-4H3/t15-,16-,22+/m0/s1. The number of rotatable bonds is 8. The van der Waals surface area contributed by atoms with E-state index in [-0.39, 0.29) is 47.5 Å². The number of nitrogens with zero attached hydrogens (tertiary/aromatic N) is 2. The number of sulfonamides is 2. The summed E-state index contributed by atoms with van der Waals surface area (Å²) in [6.07, 6.45) is 0.448. The van der Waals surface area contributed by atoms with Crippen molar-refractivity contribution in [3.05, 3.63) is 53.8 Å². The molecule has 0 aromatic heterocycles. The van der Waals surface area contributed by atoms with Crippen molar-refractivity contribution in [1.29, 1.82) is 0 Å². The minimum absolute atomic E-state index is 0.0217. The molecular weight excluding hydrogens is 513 g/mol. The topological polar surface area (TPSA) is 133 Å². The average Bonchev–Trinajstić information content (AvgIpc) is 2.80. The predicted molar refractivity (Wildman–Crippen MR) is 132 cm³/mol.